The van der Waals surface area contributed by atoms with Crippen LogP contribution in [0.2, 0.25) is 10.0 Å². The van der Waals surface area contributed by atoms with Gasteiger partial charge in [0.25, 0.3) is 0 Å². The standard InChI is InChI=1S/C25H25Cl2N3/c1-14-10-12-20(26)16(3)24(14)28-18(5)22-8-7-9-23(30-22)19(6)29-25-15(2)11-13-21(27)17(25)4/h7-13H,1-6H3. The lowest BCUT2D eigenvalue weighted by Crippen LogP contribution is -2.05. The quantitative estimate of drug-likeness (QED) is 0.382. The molecular weight excluding hydrogens is 413 g/mol. The highest BCUT2D eigenvalue weighted by atomic mass is 35.5. The molecule has 0 amide bonds. The Morgan fingerprint density at radius 1 is 0.667 bits per heavy atom. The smallest absolute Gasteiger partial charge is 0.0849 e. The minimum Gasteiger partial charge on any atom is -0.251 e. The first kappa shape index (κ1) is 22.2. The molecule has 5 heteroatoms. The fourth-order valence-corrected chi connectivity index (χ4v) is 3.56. The molecule has 3 nitrogen and oxygen atoms in total. The molecule has 1 heterocycles. The normalized spacial score (nSPS) is 12.4. The zero-order valence-electron chi connectivity index (χ0n) is 18.1. The Balaban J connectivity index is 2.01. The van der Waals surface area contributed by atoms with Crippen LogP contribution in [0.5, 0.6) is 0 Å². The van der Waals surface area contributed by atoms with Crippen molar-refractivity contribution in [2.75, 3.05) is 0 Å². The number of aromatic nitrogens is 1. The first-order chi connectivity index (χ1) is 14.2. The third kappa shape index (κ3) is 4.63. The molecular formula is C25H25Cl2N3. The fourth-order valence-electron chi connectivity index (χ4n) is 3.25. The van der Waals surface area contributed by atoms with E-state index in [2.05, 4.69) is 0 Å². The Morgan fingerprint density at radius 2 is 1.07 bits per heavy atom. The van der Waals surface area contributed by atoms with Crippen LogP contribution in [0.15, 0.2) is 52.4 Å². The van der Waals surface area contributed by atoms with Crippen molar-refractivity contribution in [1.29, 1.82) is 0 Å². The third-order valence-corrected chi connectivity index (χ3v) is 6.00. The largest absolute Gasteiger partial charge is 0.251 e. The molecule has 0 spiro atoms. The number of halogens is 2. The highest BCUT2D eigenvalue weighted by molar-refractivity contribution is 6.32. The number of hydrogen-bond donors (Lipinski definition) is 0. The summed E-state index contributed by atoms with van der Waals surface area (Å²) in [6.45, 7) is 12.0. The Hall–Kier alpha value is -2.49. The molecule has 0 atom stereocenters. The van der Waals surface area contributed by atoms with Gasteiger partial charge in [0.15, 0.2) is 0 Å². The molecule has 3 rings (SSSR count). The third-order valence-electron chi connectivity index (χ3n) is 5.18. The van der Waals surface area contributed by atoms with Gasteiger partial charge in [0.1, 0.15) is 0 Å². The summed E-state index contributed by atoms with van der Waals surface area (Å²) in [6.07, 6.45) is 0. The predicted octanol–water partition coefficient (Wildman–Crippen LogP) is 7.90. The molecule has 2 aromatic carbocycles. The molecule has 154 valence electrons. The Kier molecular flexibility index (Phi) is 6.74. The van der Waals surface area contributed by atoms with Crippen LogP contribution in [0.1, 0.15) is 47.5 Å². The first-order valence-corrected chi connectivity index (χ1v) is 10.5. The van der Waals surface area contributed by atoms with E-state index < -0.39 is 0 Å². The van der Waals surface area contributed by atoms with Gasteiger partial charge in [-0.05, 0) is 88.1 Å². The second-order valence-electron chi connectivity index (χ2n) is 7.48. The van der Waals surface area contributed by atoms with E-state index in [1.165, 1.54) is 0 Å². The highest BCUT2D eigenvalue weighted by Crippen LogP contribution is 2.31. The zero-order chi connectivity index (χ0) is 22.0. The lowest BCUT2D eigenvalue weighted by Gasteiger charge is -2.10. The van der Waals surface area contributed by atoms with Gasteiger partial charge in [0.05, 0.1) is 34.2 Å². The number of aliphatic imine (C=N–C) groups is 2. The second kappa shape index (κ2) is 9.11. The van der Waals surface area contributed by atoms with E-state index in [0.29, 0.717) is 10.0 Å². The Labute approximate surface area is 188 Å². The van der Waals surface area contributed by atoms with Crippen molar-refractivity contribution < 1.29 is 0 Å². The maximum absolute atomic E-state index is 6.29. The summed E-state index contributed by atoms with van der Waals surface area (Å²) >= 11 is 12.6. The average molecular weight is 438 g/mol. The first-order valence-electron chi connectivity index (χ1n) is 9.78. The summed E-state index contributed by atoms with van der Waals surface area (Å²) in [5.41, 5.74) is 9.15. The van der Waals surface area contributed by atoms with E-state index >= 15 is 0 Å². The number of hydrogen-bond acceptors (Lipinski definition) is 3. The van der Waals surface area contributed by atoms with Crippen LogP contribution in [-0.4, -0.2) is 16.4 Å². The SMILES string of the molecule is CC(=Nc1c(C)ccc(Cl)c1C)c1cccc(C(C)=Nc2c(C)ccc(Cl)c2C)n1. The molecule has 0 radical (unpaired) electrons. The van der Waals surface area contributed by atoms with Gasteiger partial charge in [0.2, 0.25) is 0 Å². The molecule has 0 bridgehead atoms. The summed E-state index contributed by atoms with van der Waals surface area (Å²) in [4.78, 5) is 14.5. The maximum Gasteiger partial charge on any atom is 0.0849 e. The molecule has 0 saturated carbocycles. The molecule has 3 aromatic rings. The molecule has 0 aliphatic carbocycles. The van der Waals surface area contributed by atoms with E-state index in [0.717, 1.165) is 56.4 Å². The molecule has 0 fully saturated rings. The van der Waals surface area contributed by atoms with Crippen LogP contribution in [0.25, 0.3) is 0 Å². The molecule has 0 unspecified atom stereocenters. The van der Waals surface area contributed by atoms with Crippen LogP contribution in [0.3, 0.4) is 0 Å². The minimum atomic E-state index is 0.712. The summed E-state index contributed by atoms with van der Waals surface area (Å²) in [7, 11) is 0. The molecule has 30 heavy (non-hydrogen) atoms. The molecule has 0 saturated heterocycles. The van der Waals surface area contributed by atoms with Crippen LogP contribution in [0, 0.1) is 27.7 Å². The summed E-state index contributed by atoms with van der Waals surface area (Å²) in [6, 6.07) is 13.7. The van der Waals surface area contributed by atoms with Crippen molar-refractivity contribution in [3.63, 3.8) is 0 Å². The van der Waals surface area contributed by atoms with Gasteiger partial charge < -0.3 is 0 Å². The van der Waals surface area contributed by atoms with Crippen molar-refractivity contribution in [3.05, 3.63) is 86.2 Å². The molecule has 0 aliphatic heterocycles. The highest BCUT2D eigenvalue weighted by Gasteiger charge is 2.10. The monoisotopic (exact) mass is 437 g/mol. The summed E-state index contributed by atoms with van der Waals surface area (Å²) < 4.78 is 0. The lowest BCUT2D eigenvalue weighted by atomic mass is 10.1. The van der Waals surface area contributed by atoms with Crippen molar-refractivity contribution in [3.8, 4) is 0 Å². The molecule has 1 aromatic heterocycles. The van der Waals surface area contributed by atoms with E-state index in [1.54, 1.807) is 0 Å². The maximum atomic E-state index is 6.29. The molecule has 0 N–H and O–H groups in total. The van der Waals surface area contributed by atoms with Crippen molar-refractivity contribution in [2.24, 2.45) is 9.98 Å². The Bertz CT molecular complexity index is 1090. The number of benzene rings is 2. The lowest BCUT2D eigenvalue weighted by molar-refractivity contribution is 1.23. The predicted molar refractivity (Wildman–Crippen MR) is 130 cm³/mol. The second-order valence-corrected chi connectivity index (χ2v) is 8.29. The minimum absolute atomic E-state index is 0.712. The van der Waals surface area contributed by atoms with Crippen LogP contribution < -0.4 is 0 Å². The number of nitrogens with zero attached hydrogens (tertiary/aromatic N) is 3. The van der Waals surface area contributed by atoms with Crippen molar-refractivity contribution in [2.45, 2.75) is 41.5 Å². The van der Waals surface area contributed by atoms with E-state index in [9.17, 15) is 0 Å². The van der Waals surface area contributed by atoms with Gasteiger partial charge in [-0.25, -0.2) is 4.98 Å². The van der Waals surface area contributed by atoms with Gasteiger partial charge >= 0.3 is 0 Å². The zero-order valence-corrected chi connectivity index (χ0v) is 19.7. The average Bonchev–Trinajstić information content (AvgIpc) is 2.74. The van der Waals surface area contributed by atoms with Crippen LogP contribution >= 0.6 is 23.2 Å². The van der Waals surface area contributed by atoms with Gasteiger partial charge in [-0.2, -0.15) is 0 Å². The summed E-state index contributed by atoms with van der Waals surface area (Å²) in [5.74, 6) is 0. The number of rotatable bonds is 4. The van der Waals surface area contributed by atoms with E-state index in [1.807, 2.05) is 84.0 Å². The van der Waals surface area contributed by atoms with E-state index in [-0.39, 0.29) is 0 Å². The van der Waals surface area contributed by atoms with Gasteiger partial charge in [-0.15, -0.1) is 0 Å². The fraction of sp³-hybridized carbons (Fsp3) is 0.240. The number of aryl methyl sites for hydroxylation is 2. The van der Waals surface area contributed by atoms with Gasteiger partial charge in [-0.3, -0.25) is 9.98 Å². The van der Waals surface area contributed by atoms with Gasteiger partial charge in [-0.1, -0.05) is 41.4 Å². The Morgan fingerprint density at radius 3 is 1.47 bits per heavy atom. The van der Waals surface area contributed by atoms with E-state index in [4.69, 9.17) is 38.2 Å². The number of pyridine rings is 1. The van der Waals surface area contributed by atoms with Crippen molar-refractivity contribution >= 4 is 46.0 Å². The summed E-state index contributed by atoms with van der Waals surface area (Å²) in [5, 5.41) is 1.42. The van der Waals surface area contributed by atoms with Crippen molar-refractivity contribution in [1.82, 2.24) is 4.98 Å². The molecule has 0 aliphatic rings. The van der Waals surface area contributed by atoms with Gasteiger partial charge in [0, 0.05) is 10.0 Å². The topological polar surface area (TPSA) is 37.6 Å². The van der Waals surface area contributed by atoms with Crippen LogP contribution in [0.4, 0.5) is 11.4 Å². The van der Waals surface area contributed by atoms with Crippen LogP contribution in [-0.2, 0) is 0 Å².